The standard InChI is InChI=1S/C17H18F3N/c18-17(19,20)14-6-4-5-13(9-14)16(12-21)10-15(11-16)7-2-1-3-8-15/h4-6,9H,1-3,7-8,10-11H2. The molecule has 112 valence electrons. The van der Waals surface area contributed by atoms with Crippen LogP contribution in [0, 0.1) is 16.7 Å². The van der Waals surface area contributed by atoms with Crippen LogP contribution in [0.1, 0.15) is 56.1 Å². The van der Waals surface area contributed by atoms with Crippen LogP contribution in [0.25, 0.3) is 0 Å². The lowest BCUT2D eigenvalue weighted by Crippen LogP contribution is -2.49. The van der Waals surface area contributed by atoms with Crippen molar-refractivity contribution in [1.29, 1.82) is 5.26 Å². The molecule has 0 amide bonds. The molecule has 0 unspecified atom stereocenters. The van der Waals surface area contributed by atoms with Crippen molar-refractivity contribution in [2.75, 3.05) is 0 Å². The van der Waals surface area contributed by atoms with Crippen LogP contribution in [0.2, 0.25) is 0 Å². The molecule has 1 aromatic rings. The van der Waals surface area contributed by atoms with Crippen LogP contribution in [0.3, 0.4) is 0 Å². The van der Waals surface area contributed by atoms with E-state index in [1.807, 2.05) is 0 Å². The minimum atomic E-state index is -4.35. The smallest absolute Gasteiger partial charge is 0.197 e. The fraction of sp³-hybridized carbons (Fsp3) is 0.588. The van der Waals surface area contributed by atoms with Gasteiger partial charge < -0.3 is 0 Å². The lowest BCUT2D eigenvalue weighted by atomic mass is 9.47. The summed E-state index contributed by atoms with van der Waals surface area (Å²) in [6.45, 7) is 0. The highest BCUT2D eigenvalue weighted by molar-refractivity contribution is 5.40. The van der Waals surface area contributed by atoms with Gasteiger partial charge in [-0.15, -0.1) is 0 Å². The number of halogens is 3. The Morgan fingerprint density at radius 2 is 1.71 bits per heavy atom. The maximum Gasteiger partial charge on any atom is 0.416 e. The van der Waals surface area contributed by atoms with Gasteiger partial charge in [0.05, 0.1) is 17.0 Å². The third-order valence-corrected chi connectivity index (χ3v) is 5.22. The second-order valence-corrected chi connectivity index (χ2v) is 6.69. The molecule has 2 aliphatic rings. The van der Waals surface area contributed by atoms with E-state index in [1.165, 1.54) is 31.4 Å². The lowest BCUT2D eigenvalue weighted by molar-refractivity contribution is -0.137. The van der Waals surface area contributed by atoms with Crippen molar-refractivity contribution in [2.24, 2.45) is 5.41 Å². The van der Waals surface area contributed by atoms with Gasteiger partial charge in [0, 0.05) is 0 Å². The number of nitriles is 1. The van der Waals surface area contributed by atoms with Crippen LogP contribution in [0.15, 0.2) is 24.3 Å². The Hall–Kier alpha value is -1.50. The molecule has 21 heavy (non-hydrogen) atoms. The highest BCUT2D eigenvalue weighted by Gasteiger charge is 2.55. The van der Waals surface area contributed by atoms with Crippen LogP contribution in [0.5, 0.6) is 0 Å². The number of nitrogens with zero attached hydrogens (tertiary/aromatic N) is 1. The van der Waals surface area contributed by atoms with Gasteiger partial charge in [0.25, 0.3) is 0 Å². The van der Waals surface area contributed by atoms with Crippen LogP contribution in [-0.4, -0.2) is 0 Å². The maximum absolute atomic E-state index is 12.8. The average molecular weight is 293 g/mol. The second-order valence-electron chi connectivity index (χ2n) is 6.69. The molecule has 0 heterocycles. The van der Waals surface area contributed by atoms with E-state index < -0.39 is 17.2 Å². The first-order valence-electron chi connectivity index (χ1n) is 7.48. The van der Waals surface area contributed by atoms with E-state index in [2.05, 4.69) is 6.07 Å². The predicted molar refractivity (Wildman–Crippen MR) is 73.5 cm³/mol. The van der Waals surface area contributed by atoms with Gasteiger partial charge in [-0.3, -0.25) is 0 Å². The maximum atomic E-state index is 12.8. The fourth-order valence-corrected chi connectivity index (χ4v) is 4.22. The molecule has 1 aromatic carbocycles. The van der Waals surface area contributed by atoms with Gasteiger partial charge in [0.15, 0.2) is 0 Å². The van der Waals surface area contributed by atoms with Gasteiger partial charge in [-0.1, -0.05) is 37.5 Å². The van der Waals surface area contributed by atoms with Crippen molar-refractivity contribution >= 4 is 0 Å². The third kappa shape index (κ3) is 2.43. The number of benzene rings is 1. The van der Waals surface area contributed by atoms with Gasteiger partial charge in [-0.25, -0.2) is 0 Å². The summed E-state index contributed by atoms with van der Waals surface area (Å²) in [4.78, 5) is 0. The minimum absolute atomic E-state index is 0.211. The van der Waals surface area contributed by atoms with Gasteiger partial charge >= 0.3 is 6.18 Å². The van der Waals surface area contributed by atoms with E-state index in [4.69, 9.17) is 0 Å². The van der Waals surface area contributed by atoms with Gasteiger partial charge in [0.2, 0.25) is 0 Å². The molecule has 0 saturated heterocycles. The molecule has 3 rings (SSSR count). The molecule has 1 nitrogen and oxygen atoms in total. The first kappa shape index (κ1) is 14.4. The number of alkyl halides is 3. The van der Waals surface area contributed by atoms with Gasteiger partial charge in [0.1, 0.15) is 0 Å². The zero-order chi connectivity index (χ0) is 15.1. The second kappa shape index (κ2) is 4.76. The molecule has 2 fully saturated rings. The van der Waals surface area contributed by atoms with Crippen molar-refractivity contribution in [2.45, 2.75) is 56.5 Å². The zero-order valence-electron chi connectivity index (χ0n) is 11.8. The summed E-state index contributed by atoms with van der Waals surface area (Å²) in [6, 6.07) is 7.65. The van der Waals surface area contributed by atoms with E-state index >= 15 is 0 Å². The minimum Gasteiger partial charge on any atom is -0.197 e. The van der Waals surface area contributed by atoms with Crippen molar-refractivity contribution in [3.8, 4) is 6.07 Å². The SMILES string of the molecule is N#CC1(c2cccc(C(F)(F)F)c2)CC2(CCCCC2)C1. The molecular formula is C17H18F3N. The van der Waals surface area contributed by atoms with Crippen molar-refractivity contribution in [1.82, 2.24) is 0 Å². The van der Waals surface area contributed by atoms with Crippen LogP contribution < -0.4 is 0 Å². The number of hydrogen-bond donors (Lipinski definition) is 0. The van der Waals surface area contributed by atoms with Crippen molar-refractivity contribution in [3.05, 3.63) is 35.4 Å². The molecule has 2 aliphatic carbocycles. The summed E-state index contributed by atoms with van der Waals surface area (Å²) in [5, 5.41) is 9.57. The van der Waals surface area contributed by atoms with E-state index in [9.17, 15) is 18.4 Å². The van der Waals surface area contributed by atoms with Crippen LogP contribution in [0.4, 0.5) is 13.2 Å². The largest absolute Gasteiger partial charge is 0.416 e. The van der Waals surface area contributed by atoms with E-state index in [1.54, 1.807) is 6.07 Å². The molecule has 0 N–H and O–H groups in total. The predicted octanol–water partition coefficient (Wildman–Crippen LogP) is 5.21. The van der Waals surface area contributed by atoms with Crippen molar-refractivity contribution < 1.29 is 13.2 Å². The normalized spacial score (nSPS) is 23.3. The Kier molecular flexibility index (Phi) is 3.27. The quantitative estimate of drug-likeness (QED) is 0.697. The zero-order valence-corrected chi connectivity index (χ0v) is 11.8. The first-order chi connectivity index (χ1) is 9.89. The molecule has 4 heteroatoms. The Morgan fingerprint density at radius 3 is 2.29 bits per heavy atom. The van der Waals surface area contributed by atoms with Crippen molar-refractivity contribution in [3.63, 3.8) is 0 Å². The summed E-state index contributed by atoms with van der Waals surface area (Å²) in [6.07, 6.45) is 2.94. The number of hydrogen-bond acceptors (Lipinski definition) is 1. The van der Waals surface area contributed by atoms with Gasteiger partial charge in [-0.05, 0) is 42.7 Å². The molecular weight excluding hydrogens is 275 g/mol. The summed E-state index contributed by atoms with van der Waals surface area (Å²) in [7, 11) is 0. The Labute approximate surface area is 122 Å². The van der Waals surface area contributed by atoms with E-state index in [0.717, 1.165) is 31.7 Å². The molecule has 0 atom stereocenters. The summed E-state index contributed by atoms with van der Waals surface area (Å²) < 4.78 is 38.5. The summed E-state index contributed by atoms with van der Waals surface area (Å²) >= 11 is 0. The lowest BCUT2D eigenvalue weighted by Gasteiger charge is -2.55. The van der Waals surface area contributed by atoms with Gasteiger partial charge in [-0.2, -0.15) is 18.4 Å². The fourth-order valence-electron chi connectivity index (χ4n) is 4.22. The summed E-state index contributed by atoms with van der Waals surface area (Å²) in [5.41, 5.74) is -0.615. The monoisotopic (exact) mass is 293 g/mol. The van der Waals surface area contributed by atoms with E-state index in [0.29, 0.717) is 5.56 Å². The van der Waals surface area contributed by atoms with Crippen LogP contribution >= 0.6 is 0 Å². The molecule has 2 saturated carbocycles. The highest BCUT2D eigenvalue weighted by Crippen LogP contribution is 2.61. The molecule has 0 aromatic heterocycles. The Bertz CT molecular complexity index is 568. The molecule has 0 radical (unpaired) electrons. The highest BCUT2D eigenvalue weighted by atomic mass is 19.4. The number of rotatable bonds is 1. The molecule has 0 aliphatic heterocycles. The summed E-state index contributed by atoms with van der Waals surface area (Å²) in [5.74, 6) is 0. The first-order valence-corrected chi connectivity index (χ1v) is 7.48. The van der Waals surface area contributed by atoms with Crippen LogP contribution in [-0.2, 0) is 11.6 Å². The Balaban J connectivity index is 1.87. The van der Waals surface area contributed by atoms with E-state index in [-0.39, 0.29) is 5.41 Å². The topological polar surface area (TPSA) is 23.8 Å². The molecule has 0 bridgehead atoms. The third-order valence-electron chi connectivity index (χ3n) is 5.22. The Morgan fingerprint density at radius 1 is 1.05 bits per heavy atom. The average Bonchev–Trinajstić information content (AvgIpc) is 2.44. The molecule has 1 spiro atoms.